The van der Waals surface area contributed by atoms with Gasteiger partial charge in [0.1, 0.15) is 12.4 Å². The van der Waals surface area contributed by atoms with Gasteiger partial charge >= 0.3 is 5.97 Å². The molecule has 0 saturated carbocycles. The molecule has 1 heterocycles. The van der Waals surface area contributed by atoms with Crippen molar-refractivity contribution < 1.29 is 19.1 Å². The Bertz CT molecular complexity index is 1240. The number of esters is 1. The minimum atomic E-state index is -0.560. The molecule has 154 valence electrons. The van der Waals surface area contributed by atoms with Gasteiger partial charge in [-0.1, -0.05) is 60.7 Å². The molecule has 0 aliphatic heterocycles. The van der Waals surface area contributed by atoms with Gasteiger partial charge in [-0.3, -0.25) is 4.79 Å². The van der Waals surface area contributed by atoms with E-state index < -0.39 is 11.9 Å². The van der Waals surface area contributed by atoms with Crippen LogP contribution in [0.4, 0.5) is 0 Å². The molecule has 0 spiro atoms. The maximum Gasteiger partial charge on any atom is 0.339 e. The van der Waals surface area contributed by atoms with Crippen LogP contribution in [0.25, 0.3) is 22.2 Å². The first-order chi connectivity index (χ1) is 15.1. The lowest BCUT2D eigenvalue weighted by Crippen LogP contribution is -2.20. The van der Waals surface area contributed by atoms with Gasteiger partial charge in [-0.15, -0.1) is 0 Å². The minimum Gasteiger partial charge on any atom is -0.484 e. The molecule has 0 atom stereocenters. The van der Waals surface area contributed by atoms with Gasteiger partial charge in [0.25, 0.3) is 5.91 Å². The van der Waals surface area contributed by atoms with Crippen LogP contribution in [0.1, 0.15) is 15.9 Å². The first-order valence-corrected chi connectivity index (χ1v) is 9.72. The van der Waals surface area contributed by atoms with Gasteiger partial charge in [0.05, 0.1) is 16.8 Å². The molecule has 2 N–H and O–H groups in total. The number of benzene rings is 3. The van der Waals surface area contributed by atoms with E-state index in [0.29, 0.717) is 17.0 Å². The molecule has 0 aliphatic rings. The van der Waals surface area contributed by atoms with E-state index in [1.807, 2.05) is 60.7 Å². The van der Waals surface area contributed by atoms with Crippen LogP contribution in [0.2, 0.25) is 0 Å². The van der Waals surface area contributed by atoms with Crippen LogP contribution >= 0.6 is 0 Å². The van der Waals surface area contributed by atoms with Crippen LogP contribution in [-0.4, -0.2) is 23.5 Å². The molecule has 0 unspecified atom stereocenters. The molecule has 0 radical (unpaired) electrons. The van der Waals surface area contributed by atoms with Crippen LogP contribution in [-0.2, 0) is 16.1 Å². The summed E-state index contributed by atoms with van der Waals surface area (Å²) in [5.74, 6) is -0.525. The Morgan fingerprint density at radius 2 is 1.65 bits per heavy atom. The molecule has 4 aromatic rings. The Morgan fingerprint density at radius 3 is 2.45 bits per heavy atom. The lowest BCUT2D eigenvalue weighted by atomic mass is 10.0. The van der Waals surface area contributed by atoms with Crippen molar-refractivity contribution in [3.8, 4) is 17.0 Å². The van der Waals surface area contributed by atoms with Crippen LogP contribution in [0, 0.1) is 0 Å². The van der Waals surface area contributed by atoms with E-state index in [4.69, 9.17) is 20.2 Å². The number of nitrogens with zero attached hydrogens (tertiary/aromatic N) is 1. The molecule has 0 aliphatic carbocycles. The summed E-state index contributed by atoms with van der Waals surface area (Å²) < 4.78 is 10.9. The van der Waals surface area contributed by atoms with Gasteiger partial charge in [0.15, 0.2) is 6.61 Å². The number of primary amides is 1. The lowest BCUT2D eigenvalue weighted by molar-refractivity contribution is -0.119. The molecule has 0 saturated heterocycles. The van der Waals surface area contributed by atoms with Crippen LogP contribution in [0.15, 0.2) is 84.9 Å². The summed E-state index contributed by atoms with van der Waals surface area (Å²) in [5, 5.41) is 0.728. The highest BCUT2D eigenvalue weighted by Crippen LogP contribution is 2.25. The van der Waals surface area contributed by atoms with E-state index in [0.717, 1.165) is 22.0 Å². The van der Waals surface area contributed by atoms with E-state index in [1.54, 1.807) is 24.3 Å². The van der Waals surface area contributed by atoms with Crippen molar-refractivity contribution >= 4 is 22.8 Å². The summed E-state index contributed by atoms with van der Waals surface area (Å²) in [6.07, 6.45) is 0. The first-order valence-electron chi connectivity index (χ1n) is 9.72. The molecule has 0 fully saturated rings. The molecule has 1 aromatic heterocycles. The number of pyridine rings is 1. The molecule has 4 rings (SSSR count). The van der Waals surface area contributed by atoms with Gasteiger partial charge in [-0.25, -0.2) is 9.78 Å². The number of fused-ring (bicyclic) bond motifs is 1. The number of para-hydroxylation sites is 1. The first kappa shape index (κ1) is 20.1. The van der Waals surface area contributed by atoms with Crippen molar-refractivity contribution in [2.75, 3.05) is 6.61 Å². The van der Waals surface area contributed by atoms with Crippen molar-refractivity contribution in [2.45, 2.75) is 6.61 Å². The van der Waals surface area contributed by atoms with Gasteiger partial charge in [-0.2, -0.15) is 0 Å². The molecular formula is C25H20N2O4. The predicted octanol–water partition coefficient (Wildman–Crippen LogP) is 4.12. The Morgan fingerprint density at radius 1 is 0.871 bits per heavy atom. The second kappa shape index (κ2) is 9.09. The predicted molar refractivity (Wildman–Crippen MR) is 117 cm³/mol. The smallest absolute Gasteiger partial charge is 0.339 e. The summed E-state index contributed by atoms with van der Waals surface area (Å²) in [6, 6.07) is 25.9. The SMILES string of the molecule is NC(=O)COc1cccc(COC(=O)c2cc(-c3ccccc3)nc3ccccc23)c1. The van der Waals surface area contributed by atoms with E-state index in [9.17, 15) is 9.59 Å². The van der Waals surface area contributed by atoms with Crippen molar-refractivity contribution in [2.24, 2.45) is 5.73 Å². The van der Waals surface area contributed by atoms with Crippen LogP contribution in [0.3, 0.4) is 0 Å². The fourth-order valence-corrected chi connectivity index (χ4v) is 3.21. The Labute approximate surface area is 179 Å². The number of amides is 1. The number of aromatic nitrogens is 1. The monoisotopic (exact) mass is 412 g/mol. The maximum atomic E-state index is 13.0. The molecule has 3 aromatic carbocycles. The van der Waals surface area contributed by atoms with E-state index in [1.165, 1.54) is 0 Å². The molecular weight excluding hydrogens is 392 g/mol. The number of hydrogen-bond donors (Lipinski definition) is 1. The zero-order chi connectivity index (χ0) is 21.6. The number of carbonyl (C=O) groups excluding carboxylic acids is 2. The average molecular weight is 412 g/mol. The summed E-state index contributed by atoms with van der Waals surface area (Å²) in [5.41, 5.74) is 8.63. The van der Waals surface area contributed by atoms with Gasteiger partial charge in [0, 0.05) is 10.9 Å². The maximum absolute atomic E-state index is 13.0. The minimum absolute atomic E-state index is 0.0594. The van der Waals surface area contributed by atoms with Crippen molar-refractivity contribution in [3.05, 3.63) is 96.1 Å². The van der Waals surface area contributed by atoms with E-state index in [-0.39, 0.29) is 13.2 Å². The zero-order valence-electron chi connectivity index (χ0n) is 16.7. The lowest BCUT2D eigenvalue weighted by Gasteiger charge is -2.11. The Hall–Kier alpha value is -4.19. The highest BCUT2D eigenvalue weighted by atomic mass is 16.5. The fraction of sp³-hybridized carbons (Fsp3) is 0.0800. The number of rotatable bonds is 7. The van der Waals surface area contributed by atoms with Gasteiger partial charge in [-0.05, 0) is 29.8 Å². The summed E-state index contributed by atoms with van der Waals surface area (Å²) in [7, 11) is 0. The van der Waals surface area contributed by atoms with E-state index >= 15 is 0 Å². The fourth-order valence-electron chi connectivity index (χ4n) is 3.21. The molecule has 0 bridgehead atoms. The largest absolute Gasteiger partial charge is 0.484 e. The molecule has 1 amide bonds. The highest BCUT2D eigenvalue weighted by Gasteiger charge is 2.15. The normalized spacial score (nSPS) is 10.6. The molecule has 6 nitrogen and oxygen atoms in total. The second-order valence-corrected chi connectivity index (χ2v) is 6.92. The molecule has 6 heteroatoms. The Balaban J connectivity index is 1.58. The van der Waals surface area contributed by atoms with E-state index in [2.05, 4.69) is 0 Å². The van der Waals surface area contributed by atoms with Crippen molar-refractivity contribution in [1.29, 1.82) is 0 Å². The zero-order valence-corrected chi connectivity index (χ0v) is 16.7. The number of hydrogen-bond acceptors (Lipinski definition) is 5. The van der Waals surface area contributed by atoms with Gasteiger partial charge < -0.3 is 15.2 Å². The third-order valence-corrected chi connectivity index (χ3v) is 4.66. The van der Waals surface area contributed by atoms with Crippen LogP contribution < -0.4 is 10.5 Å². The third-order valence-electron chi connectivity index (χ3n) is 4.66. The summed E-state index contributed by atoms with van der Waals surface area (Å²) in [4.78, 5) is 28.6. The quantitative estimate of drug-likeness (QED) is 0.461. The summed E-state index contributed by atoms with van der Waals surface area (Å²) in [6.45, 7) is -0.154. The number of nitrogens with two attached hydrogens (primary N) is 1. The molecule has 31 heavy (non-hydrogen) atoms. The standard InChI is InChI=1S/C25H20N2O4/c26-24(28)16-30-19-10-6-7-17(13-19)15-31-25(29)21-14-23(18-8-2-1-3-9-18)27-22-12-5-4-11-20(21)22/h1-14H,15-16H2,(H2,26,28). The topological polar surface area (TPSA) is 91.5 Å². The third kappa shape index (κ3) is 4.87. The summed E-state index contributed by atoms with van der Waals surface area (Å²) >= 11 is 0. The Kier molecular flexibility index (Phi) is 5.89. The van der Waals surface area contributed by atoms with Crippen molar-refractivity contribution in [1.82, 2.24) is 4.98 Å². The number of carbonyl (C=O) groups is 2. The highest BCUT2D eigenvalue weighted by molar-refractivity contribution is 6.04. The number of ether oxygens (including phenoxy) is 2. The van der Waals surface area contributed by atoms with Crippen molar-refractivity contribution in [3.63, 3.8) is 0 Å². The van der Waals surface area contributed by atoms with Gasteiger partial charge in [0.2, 0.25) is 0 Å². The van der Waals surface area contributed by atoms with Crippen LogP contribution in [0.5, 0.6) is 5.75 Å². The second-order valence-electron chi connectivity index (χ2n) is 6.92. The average Bonchev–Trinajstić information content (AvgIpc) is 2.81.